The lowest BCUT2D eigenvalue weighted by molar-refractivity contribution is 0.189. The minimum atomic E-state index is 0.134. The second-order valence-corrected chi connectivity index (χ2v) is 6.79. The molecule has 1 aliphatic carbocycles. The Kier molecular flexibility index (Phi) is 5.36. The molecule has 1 aliphatic heterocycles. The van der Waals surface area contributed by atoms with E-state index in [0.29, 0.717) is 6.04 Å². The maximum absolute atomic E-state index is 12.5. The number of nitrogens with one attached hydrogen (secondary N) is 1. The smallest absolute Gasteiger partial charge is 0.317 e. The van der Waals surface area contributed by atoms with Crippen molar-refractivity contribution in [3.05, 3.63) is 24.4 Å². The molecular formula is C18H28N4O. The SMILES string of the molecule is CCCN(CC1CC1)C(=O)NC1CCN(c2ccccn2)CC1. The Labute approximate surface area is 139 Å². The van der Waals surface area contributed by atoms with Gasteiger partial charge in [-0.3, -0.25) is 0 Å². The number of hydrogen-bond acceptors (Lipinski definition) is 3. The highest BCUT2D eigenvalue weighted by Gasteiger charge is 2.28. The molecule has 23 heavy (non-hydrogen) atoms. The standard InChI is InChI=1S/C18H28N4O/c1-2-11-22(14-15-6-7-15)18(23)20-16-8-12-21(13-9-16)17-5-3-4-10-19-17/h3-5,10,15-16H,2,6-9,11-14H2,1H3,(H,20,23). The molecule has 1 aromatic heterocycles. The number of carbonyl (C=O) groups is 1. The van der Waals surface area contributed by atoms with Crippen LogP contribution >= 0.6 is 0 Å². The van der Waals surface area contributed by atoms with Gasteiger partial charge in [-0.05, 0) is 50.2 Å². The number of piperidine rings is 1. The molecule has 0 bridgehead atoms. The Balaban J connectivity index is 1.46. The van der Waals surface area contributed by atoms with E-state index < -0.39 is 0 Å². The van der Waals surface area contributed by atoms with Crippen molar-refractivity contribution in [3.63, 3.8) is 0 Å². The van der Waals surface area contributed by atoms with Crippen molar-refractivity contribution in [1.29, 1.82) is 0 Å². The molecule has 1 aromatic rings. The van der Waals surface area contributed by atoms with Crippen LogP contribution in [0.2, 0.25) is 0 Å². The van der Waals surface area contributed by atoms with E-state index in [2.05, 4.69) is 28.2 Å². The number of nitrogens with zero attached hydrogens (tertiary/aromatic N) is 3. The summed E-state index contributed by atoms with van der Waals surface area (Å²) >= 11 is 0. The highest BCUT2D eigenvalue weighted by Crippen LogP contribution is 2.29. The third-order valence-corrected chi connectivity index (χ3v) is 4.75. The third kappa shape index (κ3) is 4.60. The number of carbonyl (C=O) groups excluding carboxylic acids is 1. The van der Waals surface area contributed by atoms with Gasteiger partial charge in [0.1, 0.15) is 5.82 Å². The summed E-state index contributed by atoms with van der Waals surface area (Å²) in [5, 5.41) is 3.25. The molecular weight excluding hydrogens is 288 g/mol. The maximum Gasteiger partial charge on any atom is 0.317 e. The highest BCUT2D eigenvalue weighted by molar-refractivity contribution is 5.74. The lowest BCUT2D eigenvalue weighted by Gasteiger charge is -2.34. The lowest BCUT2D eigenvalue weighted by atomic mass is 10.1. The van der Waals surface area contributed by atoms with Crippen LogP contribution in [0.3, 0.4) is 0 Å². The molecule has 1 saturated heterocycles. The molecule has 0 spiro atoms. The zero-order valence-electron chi connectivity index (χ0n) is 14.1. The first-order valence-corrected chi connectivity index (χ1v) is 8.97. The number of aromatic nitrogens is 1. The van der Waals surface area contributed by atoms with Gasteiger partial charge in [-0.2, -0.15) is 0 Å². The van der Waals surface area contributed by atoms with Gasteiger partial charge in [-0.15, -0.1) is 0 Å². The van der Waals surface area contributed by atoms with Crippen molar-refractivity contribution in [2.24, 2.45) is 5.92 Å². The summed E-state index contributed by atoms with van der Waals surface area (Å²) < 4.78 is 0. The molecule has 5 nitrogen and oxygen atoms in total. The molecule has 3 rings (SSSR count). The molecule has 126 valence electrons. The molecule has 0 unspecified atom stereocenters. The molecule has 0 radical (unpaired) electrons. The van der Waals surface area contributed by atoms with Crippen LogP contribution in [-0.4, -0.2) is 48.1 Å². The highest BCUT2D eigenvalue weighted by atomic mass is 16.2. The average molecular weight is 316 g/mol. The van der Waals surface area contributed by atoms with Gasteiger partial charge in [0.15, 0.2) is 0 Å². The fourth-order valence-corrected chi connectivity index (χ4v) is 3.22. The number of amides is 2. The lowest BCUT2D eigenvalue weighted by Crippen LogP contribution is -2.50. The molecule has 2 heterocycles. The van der Waals surface area contributed by atoms with E-state index in [-0.39, 0.29) is 6.03 Å². The number of urea groups is 1. The van der Waals surface area contributed by atoms with Gasteiger partial charge in [-0.1, -0.05) is 13.0 Å². The summed E-state index contributed by atoms with van der Waals surface area (Å²) in [5.41, 5.74) is 0. The predicted molar refractivity (Wildman–Crippen MR) is 92.6 cm³/mol. The average Bonchev–Trinajstić information content (AvgIpc) is 3.40. The minimum Gasteiger partial charge on any atom is -0.356 e. The molecule has 2 fully saturated rings. The van der Waals surface area contributed by atoms with Crippen molar-refractivity contribution >= 4 is 11.8 Å². The maximum atomic E-state index is 12.5. The van der Waals surface area contributed by atoms with Gasteiger partial charge in [0.05, 0.1) is 0 Å². The van der Waals surface area contributed by atoms with Crippen LogP contribution in [0, 0.1) is 5.92 Å². The third-order valence-electron chi connectivity index (χ3n) is 4.75. The van der Waals surface area contributed by atoms with Crippen molar-refractivity contribution in [3.8, 4) is 0 Å². The van der Waals surface area contributed by atoms with Gasteiger partial charge in [0, 0.05) is 38.4 Å². The van der Waals surface area contributed by atoms with E-state index in [1.54, 1.807) is 0 Å². The van der Waals surface area contributed by atoms with E-state index in [1.807, 2.05) is 23.2 Å². The monoisotopic (exact) mass is 316 g/mol. The fraction of sp³-hybridized carbons (Fsp3) is 0.667. The summed E-state index contributed by atoms with van der Waals surface area (Å²) in [4.78, 5) is 21.2. The van der Waals surface area contributed by atoms with Crippen LogP contribution in [-0.2, 0) is 0 Å². The van der Waals surface area contributed by atoms with Crippen LogP contribution < -0.4 is 10.2 Å². The molecule has 0 aromatic carbocycles. The molecule has 0 atom stereocenters. The summed E-state index contributed by atoms with van der Waals surface area (Å²) in [6, 6.07) is 6.45. The number of hydrogen-bond donors (Lipinski definition) is 1. The minimum absolute atomic E-state index is 0.134. The van der Waals surface area contributed by atoms with Crippen molar-refractivity contribution in [1.82, 2.24) is 15.2 Å². The predicted octanol–water partition coefficient (Wildman–Crippen LogP) is 2.88. The van der Waals surface area contributed by atoms with Crippen LogP contribution in [0.1, 0.15) is 39.0 Å². The summed E-state index contributed by atoms with van der Waals surface area (Å²) in [6.45, 7) is 5.86. The topological polar surface area (TPSA) is 48.5 Å². The molecule has 1 saturated carbocycles. The zero-order chi connectivity index (χ0) is 16.1. The Morgan fingerprint density at radius 3 is 2.70 bits per heavy atom. The first kappa shape index (κ1) is 16.1. The van der Waals surface area contributed by atoms with Gasteiger partial charge in [0.25, 0.3) is 0 Å². The van der Waals surface area contributed by atoms with Gasteiger partial charge in [-0.25, -0.2) is 9.78 Å². The van der Waals surface area contributed by atoms with Crippen LogP contribution in [0.25, 0.3) is 0 Å². The van der Waals surface area contributed by atoms with Gasteiger partial charge in [0.2, 0.25) is 0 Å². The first-order chi connectivity index (χ1) is 11.3. The van der Waals surface area contributed by atoms with E-state index >= 15 is 0 Å². The number of rotatable bonds is 6. The summed E-state index contributed by atoms with van der Waals surface area (Å²) in [7, 11) is 0. The van der Waals surface area contributed by atoms with Crippen LogP contribution in [0.15, 0.2) is 24.4 Å². The van der Waals surface area contributed by atoms with E-state index in [0.717, 1.165) is 57.2 Å². The summed E-state index contributed by atoms with van der Waals surface area (Å²) in [5.74, 6) is 1.79. The Hall–Kier alpha value is -1.78. The van der Waals surface area contributed by atoms with Gasteiger partial charge < -0.3 is 15.1 Å². The quantitative estimate of drug-likeness (QED) is 0.878. The number of anilines is 1. The van der Waals surface area contributed by atoms with Gasteiger partial charge >= 0.3 is 6.03 Å². The zero-order valence-corrected chi connectivity index (χ0v) is 14.1. The van der Waals surface area contributed by atoms with Crippen LogP contribution in [0.5, 0.6) is 0 Å². The van der Waals surface area contributed by atoms with Crippen LogP contribution in [0.4, 0.5) is 10.6 Å². The second kappa shape index (κ2) is 7.66. The summed E-state index contributed by atoms with van der Waals surface area (Å²) in [6.07, 6.45) is 7.42. The van der Waals surface area contributed by atoms with E-state index in [1.165, 1.54) is 12.8 Å². The number of pyridine rings is 1. The first-order valence-electron chi connectivity index (χ1n) is 8.97. The van der Waals surface area contributed by atoms with Crippen molar-refractivity contribution in [2.75, 3.05) is 31.1 Å². The fourth-order valence-electron chi connectivity index (χ4n) is 3.22. The molecule has 1 N–H and O–H groups in total. The van der Waals surface area contributed by atoms with E-state index in [4.69, 9.17) is 0 Å². The Morgan fingerprint density at radius 1 is 1.30 bits per heavy atom. The molecule has 2 amide bonds. The molecule has 2 aliphatic rings. The van der Waals surface area contributed by atoms with E-state index in [9.17, 15) is 4.79 Å². The molecule has 5 heteroatoms. The largest absolute Gasteiger partial charge is 0.356 e. The second-order valence-electron chi connectivity index (χ2n) is 6.79. The van der Waals surface area contributed by atoms with Crippen molar-refractivity contribution in [2.45, 2.75) is 45.1 Å². The normalized spacial score (nSPS) is 18.7. The van der Waals surface area contributed by atoms with Crippen molar-refractivity contribution < 1.29 is 4.79 Å². The Morgan fingerprint density at radius 2 is 2.09 bits per heavy atom. The Bertz CT molecular complexity index is 495.